The fourth-order valence-electron chi connectivity index (χ4n) is 1.52. The summed E-state index contributed by atoms with van der Waals surface area (Å²) in [5.74, 6) is 0.904. The van der Waals surface area contributed by atoms with Gasteiger partial charge in [0.15, 0.2) is 0 Å². The van der Waals surface area contributed by atoms with E-state index in [1.54, 1.807) is 7.11 Å². The predicted octanol–water partition coefficient (Wildman–Crippen LogP) is 1.99. The van der Waals surface area contributed by atoms with Gasteiger partial charge >= 0.3 is 0 Å². The predicted molar refractivity (Wildman–Crippen MR) is 66.0 cm³/mol. The monoisotopic (exact) mass is 223 g/mol. The molecule has 3 heteroatoms. The summed E-state index contributed by atoms with van der Waals surface area (Å²) < 4.78 is 10.9. The average molecular weight is 223 g/mol. The second kappa shape index (κ2) is 7.25. The average Bonchev–Trinajstić information content (AvgIpc) is 2.34. The summed E-state index contributed by atoms with van der Waals surface area (Å²) in [6.45, 7) is 4.35. The van der Waals surface area contributed by atoms with E-state index >= 15 is 0 Å². The van der Waals surface area contributed by atoms with Crippen molar-refractivity contribution in [2.45, 2.75) is 20.0 Å². The van der Waals surface area contributed by atoms with Gasteiger partial charge in [-0.15, -0.1) is 0 Å². The van der Waals surface area contributed by atoms with Crippen LogP contribution in [0.4, 0.5) is 0 Å². The van der Waals surface area contributed by atoms with Crippen molar-refractivity contribution in [3.05, 3.63) is 29.3 Å². The Morgan fingerprint density at radius 2 is 2.12 bits per heavy atom. The molecule has 0 saturated heterocycles. The van der Waals surface area contributed by atoms with Crippen LogP contribution in [0, 0.1) is 0 Å². The molecule has 0 radical (unpaired) electrons. The minimum Gasteiger partial charge on any atom is -0.496 e. The van der Waals surface area contributed by atoms with Gasteiger partial charge in [-0.05, 0) is 31.2 Å². The fraction of sp³-hybridized carbons (Fsp3) is 0.538. The highest BCUT2D eigenvalue weighted by Gasteiger charge is 2.03. The van der Waals surface area contributed by atoms with E-state index in [9.17, 15) is 0 Å². The number of aryl methyl sites for hydroxylation is 1. The highest BCUT2D eigenvalue weighted by molar-refractivity contribution is 5.36. The third kappa shape index (κ3) is 3.83. The second-order valence-electron chi connectivity index (χ2n) is 3.66. The minimum atomic E-state index is 0.610. The SMILES string of the molecule is CCc1ccc(OC)c(COCCNC)c1. The number of ether oxygens (including phenoxy) is 2. The van der Waals surface area contributed by atoms with Crippen molar-refractivity contribution < 1.29 is 9.47 Å². The van der Waals surface area contributed by atoms with E-state index < -0.39 is 0 Å². The van der Waals surface area contributed by atoms with Gasteiger partial charge in [-0.2, -0.15) is 0 Å². The van der Waals surface area contributed by atoms with Crippen LogP contribution in [0.25, 0.3) is 0 Å². The molecule has 1 aromatic rings. The van der Waals surface area contributed by atoms with E-state index in [1.807, 2.05) is 13.1 Å². The van der Waals surface area contributed by atoms with Crippen molar-refractivity contribution >= 4 is 0 Å². The van der Waals surface area contributed by atoms with Crippen LogP contribution in [0.2, 0.25) is 0 Å². The van der Waals surface area contributed by atoms with Crippen molar-refractivity contribution in [3.8, 4) is 5.75 Å². The smallest absolute Gasteiger partial charge is 0.124 e. The quantitative estimate of drug-likeness (QED) is 0.717. The molecule has 0 unspecified atom stereocenters. The first-order valence-electron chi connectivity index (χ1n) is 5.70. The lowest BCUT2D eigenvalue weighted by atomic mass is 10.1. The normalized spacial score (nSPS) is 10.4. The number of rotatable bonds is 7. The molecule has 0 heterocycles. The van der Waals surface area contributed by atoms with Crippen LogP contribution in [0.1, 0.15) is 18.1 Å². The third-order valence-corrected chi connectivity index (χ3v) is 2.51. The van der Waals surface area contributed by atoms with Crippen molar-refractivity contribution in [2.75, 3.05) is 27.3 Å². The first-order valence-corrected chi connectivity index (χ1v) is 5.70. The molecule has 0 saturated carbocycles. The molecule has 0 bridgehead atoms. The maximum Gasteiger partial charge on any atom is 0.124 e. The molecule has 0 fully saturated rings. The van der Waals surface area contributed by atoms with Crippen molar-refractivity contribution in [1.82, 2.24) is 5.32 Å². The Hall–Kier alpha value is -1.06. The Morgan fingerprint density at radius 3 is 2.75 bits per heavy atom. The van der Waals surface area contributed by atoms with Crippen molar-refractivity contribution in [3.63, 3.8) is 0 Å². The Balaban J connectivity index is 2.60. The van der Waals surface area contributed by atoms with E-state index in [0.29, 0.717) is 6.61 Å². The zero-order valence-corrected chi connectivity index (χ0v) is 10.4. The van der Waals surface area contributed by atoms with Gasteiger partial charge in [0.25, 0.3) is 0 Å². The maximum absolute atomic E-state index is 5.56. The highest BCUT2D eigenvalue weighted by Crippen LogP contribution is 2.20. The molecular formula is C13H21NO2. The number of benzene rings is 1. The maximum atomic E-state index is 5.56. The van der Waals surface area contributed by atoms with Gasteiger partial charge in [0, 0.05) is 12.1 Å². The van der Waals surface area contributed by atoms with Gasteiger partial charge in [0.1, 0.15) is 5.75 Å². The zero-order valence-electron chi connectivity index (χ0n) is 10.4. The minimum absolute atomic E-state index is 0.610. The van der Waals surface area contributed by atoms with Crippen LogP contribution in [-0.2, 0) is 17.8 Å². The van der Waals surface area contributed by atoms with E-state index in [-0.39, 0.29) is 0 Å². The first kappa shape index (κ1) is 13.0. The third-order valence-electron chi connectivity index (χ3n) is 2.51. The van der Waals surface area contributed by atoms with Gasteiger partial charge < -0.3 is 14.8 Å². The van der Waals surface area contributed by atoms with Gasteiger partial charge in [-0.3, -0.25) is 0 Å². The molecule has 1 rings (SSSR count). The standard InChI is InChI=1S/C13H21NO2/c1-4-11-5-6-13(15-3)12(9-11)10-16-8-7-14-2/h5-6,9,14H,4,7-8,10H2,1-3H3. The summed E-state index contributed by atoms with van der Waals surface area (Å²) >= 11 is 0. The summed E-state index contributed by atoms with van der Waals surface area (Å²) in [6, 6.07) is 6.25. The Bertz CT molecular complexity index is 313. The molecule has 16 heavy (non-hydrogen) atoms. The Kier molecular flexibility index (Phi) is 5.90. The van der Waals surface area contributed by atoms with Crippen LogP contribution < -0.4 is 10.1 Å². The second-order valence-corrected chi connectivity index (χ2v) is 3.66. The van der Waals surface area contributed by atoms with Gasteiger partial charge in [-0.1, -0.05) is 13.0 Å². The summed E-state index contributed by atoms with van der Waals surface area (Å²) in [6.07, 6.45) is 1.04. The molecule has 0 amide bonds. The topological polar surface area (TPSA) is 30.5 Å². The number of likely N-dealkylation sites (N-methyl/N-ethyl adjacent to an activating group) is 1. The lowest BCUT2D eigenvalue weighted by molar-refractivity contribution is 0.122. The molecular weight excluding hydrogens is 202 g/mol. The molecule has 0 aromatic heterocycles. The molecule has 0 atom stereocenters. The zero-order chi connectivity index (χ0) is 11.8. The summed E-state index contributed by atoms with van der Waals surface area (Å²) in [5, 5.41) is 3.05. The van der Waals surface area contributed by atoms with E-state index in [1.165, 1.54) is 5.56 Å². The van der Waals surface area contributed by atoms with Gasteiger partial charge in [0.05, 0.1) is 20.3 Å². The van der Waals surface area contributed by atoms with E-state index in [4.69, 9.17) is 9.47 Å². The molecule has 0 aliphatic rings. The Labute approximate surface area is 97.8 Å². The lowest BCUT2D eigenvalue weighted by Crippen LogP contribution is -2.14. The van der Waals surface area contributed by atoms with Crippen LogP contribution in [0.15, 0.2) is 18.2 Å². The molecule has 1 N–H and O–H groups in total. The fourth-order valence-corrected chi connectivity index (χ4v) is 1.52. The van der Waals surface area contributed by atoms with Crippen LogP contribution >= 0.6 is 0 Å². The molecule has 3 nitrogen and oxygen atoms in total. The van der Waals surface area contributed by atoms with Crippen LogP contribution in [-0.4, -0.2) is 27.3 Å². The van der Waals surface area contributed by atoms with Crippen LogP contribution in [0.5, 0.6) is 5.75 Å². The number of methoxy groups -OCH3 is 1. The first-order chi connectivity index (χ1) is 7.81. The number of nitrogens with one attached hydrogen (secondary N) is 1. The molecule has 0 spiro atoms. The van der Waals surface area contributed by atoms with Gasteiger partial charge in [-0.25, -0.2) is 0 Å². The van der Waals surface area contributed by atoms with Gasteiger partial charge in [0.2, 0.25) is 0 Å². The highest BCUT2D eigenvalue weighted by atomic mass is 16.5. The molecule has 90 valence electrons. The van der Waals surface area contributed by atoms with Crippen molar-refractivity contribution in [1.29, 1.82) is 0 Å². The lowest BCUT2D eigenvalue weighted by Gasteiger charge is -2.10. The largest absolute Gasteiger partial charge is 0.496 e. The molecule has 0 aliphatic heterocycles. The summed E-state index contributed by atoms with van der Waals surface area (Å²) in [4.78, 5) is 0. The number of hydrogen-bond acceptors (Lipinski definition) is 3. The molecule has 0 aliphatic carbocycles. The summed E-state index contributed by atoms with van der Waals surface area (Å²) in [7, 11) is 3.61. The Morgan fingerprint density at radius 1 is 1.31 bits per heavy atom. The van der Waals surface area contributed by atoms with E-state index in [0.717, 1.165) is 30.9 Å². The summed E-state index contributed by atoms with van der Waals surface area (Å²) in [5.41, 5.74) is 2.44. The van der Waals surface area contributed by atoms with Crippen LogP contribution in [0.3, 0.4) is 0 Å². The molecule has 1 aromatic carbocycles. The van der Waals surface area contributed by atoms with E-state index in [2.05, 4.69) is 24.4 Å². The van der Waals surface area contributed by atoms with Crippen molar-refractivity contribution in [2.24, 2.45) is 0 Å². The number of hydrogen-bond donors (Lipinski definition) is 1.